The maximum Gasteiger partial charge on any atom is 0.573 e. The van der Waals surface area contributed by atoms with Crippen LogP contribution >= 0.6 is 0 Å². The second kappa shape index (κ2) is 7.40. The van der Waals surface area contributed by atoms with E-state index >= 15 is 0 Å². The normalized spacial score (nSPS) is 19.3. The lowest BCUT2D eigenvalue weighted by Gasteiger charge is -2.28. The third-order valence-corrected chi connectivity index (χ3v) is 4.32. The highest BCUT2D eigenvalue weighted by Gasteiger charge is 2.58. The van der Waals surface area contributed by atoms with Gasteiger partial charge in [-0.3, -0.25) is 4.79 Å². The molecule has 0 radical (unpaired) electrons. The number of rotatable bonds is 8. The molecule has 0 heterocycles. The van der Waals surface area contributed by atoms with Crippen LogP contribution in [0.2, 0.25) is 0 Å². The average Bonchev–Trinajstić information content (AvgIpc) is 3.24. The van der Waals surface area contributed by atoms with Crippen molar-refractivity contribution in [3.05, 3.63) is 29.8 Å². The van der Waals surface area contributed by atoms with Crippen molar-refractivity contribution in [1.29, 1.82) is 0 Å². The molecule has 0 aromatic heterocycles. The van der Waals surface area contributed by atoms with Crippen LogP contribution in [0.5, 0.6) is 5.75 Å². The Labute approximate surface area is 148 Å². The first kappa shape index (κ1) is 20.4. The van der Waals surface area contributed by atoms with Crippen LogP contribution in [0.15, 0.2) is 24.3 Å². The molecule has 9 heteroatoms. The van der Waals surface area contributed by atoms with Gasteiger partial charge < -0.3 is 19.9 Å². The third-order valence-electron chi connectivity index (χ3n) is 4.32. The summed E-state index contributed by atoms with van der Waals surface area (Å²) in [7, 11) is 1.37. The maximum atomic E-state index is 14.1. The zero-order chi connectivity index (χ0) is 19.6. The molecular weight excluding hydrogens is 358 g/mol. The number of nitrogens with one attached hydrogen (secondary N) is 1. The van der Waals surface area contributed by atoms with E-state index < -0.39 is 41.8 Å². The van der Waals surface area contributed by atoms with E-state index in [2.05, 4.69) is 10.1 Å². The van der Waals surface area contributed by atoms with Crippen molar-refractivity contribution in [2.45, 2.75) is 49.9 Å². The summed E-state index contributed by atoms with van der Waals surface area (Å²) in [6, 6.07) is 4.33. The van der Waals surface area contributed by atoms with Gasteiger partial charge in [-0.05, 0) is 37.5 Å². The molecule has 1 amide bonds. The molecule has 1 fully saturated rings. The molecule has 0 saturated heterocycles. The summed E-state index contributed by atoms with van der Waals surface area (Å²) in [6.45, 7) is 1.23. The van der Waals surface area contributed by atoms with Crippen LogP contribution in [0.1, 0.15) is 37.8 Å². The van der Waals surface area contributed by atoms with Gasteiger partial charge in [0.1, 0.15) is 17.0 Å². The summed E-state index contributed by atoms with van der Waals surface area (Å²) in [4.78, 5) is 12.2. The zero-order valence-corrected chi connectivity index (χ0v) is 14.4. The molecular formula is C17H21F4NO4. The quantitative estimate of drug-likeness (QED) is 0.682. The number of alkyl halides is 4. The van der Waals surface area contributed by atoms with Crippen LogP contribution in [0, 0.1) is 0 Å². The molecule has 26 heavy (non-hydrogen) atoms. The second-order valence-corrected chi connectivity index (χ2v) is 6.61. The van der Waals surface area contributed by atoms with Crippen molar-refractivity contribution in [3.63, 3.8) is 0 Å². The molecule has 0 spiro atoms. The number of methoxy groups -OCH3 is 1. The molecule has 0 unspecified atom stereocenters. The molecule has 1 aliphatic rings. The van der Waals surface area contributed by atoms with Gasteiger partial charge >= 0.3 is 6.36 Å². The van der Waals surface area contributed by atoms with Gasteiger partial charge in [0.2, 0.25) is 5.91 Å². The Morgan fingerprint density at radius 2 is 2.04 bits per heavy atom. The fourth-order valence-corrected chi connectivity index (χ4v) is 2.68. The summed E-state index contributed by atoms with van der Waals surface area (Å²) in [5.41, 5.74) is -3.26. The summed E-state index contributed by atoms with van der Waals surface area (Å²) in [5.74, 6) is -1.07. The molecule has 0 bridgehead atoms. The molecule has 0 aliphatic heterocycles. The number of carbonyl (C=O) groups is 1. The first-order valence-corrected chi connectivity index (χ1v) is 8.01. The van der Waals surface area contributed by atoms with Gasteiger partial charge in [0.25, 0.3) is 0 Å². The fraction of sp³-hybridized carbons (Fsp3) is 0.588. The van der Waals surface area contributed by atoms with E-state index in [0.717, 1.165) is 12.1 Å². The van der Waals surface area contributed by atoms with Crippen LogP contribution in [-0.4, -0.2) is 42.4 Å². The van der Waals surface area contributed by atoms with E-state index in [0.29, 0.717) is 5.56 Å². The van der Waals surface area contributed by atoms with E-state index in [-0.39, 0.29) is 19.4 Å². The summed E-state index contributed by atoms with van der Waals surface area (Å²) in [5, 5.41) is 12.7. The molecule has 146 valence electrons. The van der Waals surface area contributed by atoms with Crippen molar-refractivity contribution in [3.8, 4) is 5.75 Å². The Balaban J connectivity index is 2.08. The van der Waals surface area contributed by atoms with Gasteiger partial charge in [-0.15, -0.1) is 13.2 Å². The highest BCUT2D eigenvalue weighted by molar-refractivity contribution is 5.78. The number of amides is 1. The fourth-order valence-electron chi connectivity index (χ4n) is 2.68. The number of carbonyl (C=O) groups excluding carboxylic acids is 1. The lowest BCUT2D eigenvalue weighted by atomic mass is 9.93. The number of hydrogen-bond acceptors (Lipinski definition) is 4. The molecule has 1 saturated carbocycles. The molecule has 2 atom stereocenters. The Bertz CT molecular complexity index is 644. The number of halogens is 4. The predicted octanol–water partition coefficient (Wildman–Crippen LogP) is 3.03. The second-order valence-electron chi connectivity index (χ2n) is 6.61. The first-order chi connectivity index (χ1) is 12.0. The molecule has 1 aromatic carbocycles. The first-order valence-electron chi connectivity index (χ1n) is 8.01. The van der Waals surface area contributed by atoms with Crippen LogP contribution in [0.25, 0.3) is 0 Å². The van der Waals surface area contributed by atoms with E-state index in [1.807, 2.05) is 0 Å². The summed E-state index contributed by atoms with van der Waals surface area (Å²) in [6.07, 6.45) is -4.93. The van der Waals surface area contributed by atoms with Crippen LogP contribution in [0.3, 0.4) is 0 Å². The van der Waals surface area contributed by atoms with Crippen molar-refractivity contribution in [2.24, 2.45) is 0 Å². The number of benzene rings is 1. The molecule has 1 aromatic rings. The van der Waals surface area contributed by atoms with Gasteiger partial charge in [-0.1, -0.05) is 12.1 Å². The minimum atomic E-state index is -4.84. The number of ether oxygens (including phenoxy) is 2. The van der Waals surface area contributed by atoms with Crippen molar-refractivity contribution in [2.75, 3.05) is 13.7 Å². The van der Waals surface area contributed by atoms with Gasteiger partial charge in [0.15, 0.2) is 0 Å². The highest BCUT2D eigenvalue weighted by Crippen LogP contribution is 2.50. The van der Waals surface area contributed by atoms with E-state index in [1.54, 1.807) is 0 Å². The standard InChI is InChI=1S/C17H21F4NO4/c1-15(24,16(18)6-7-16)9-14(23)22-13(10-25-2)11-4-3-5-12(8-11)26-17(19,20)21/h3-5,8,13,24H,6-7,9-10H2,1-2H3,(H,22,23)/t13-,15+/m0/s1. The van der Waals surface area contributed by atoms with E-state index in [1.165, 1.54) is 26.2 Å². The minimum Gasteiger partial charge on any atom is -0.406 e. The van der Waals surface area contributed by atoms with Crippen molar-refractivity contribution < 1.29 is 36.9 Å². The summed E-state index contributed by atoms with van der Waals surface area (Å²) >= 11 is 0. The number of aliphatic hydroxyl groups is 1. The topological polar surface area (TPSA) is 67.8 Å². The van der Waals surface area contributed by atoms with Gasteiger partial charge in [-0.25, -0.2) is 4.39 Å². The zero-order valence-electron chi connectivity index (χ0n) is 14.4. The van der Waals surface area contributed by atoms with Crippen molar-refractivity contribution in [1.82, 2.24) is 5.32 Å². The van der Waals surface area contributed by atoms with Crippen molar-refractivity contribution >= 4 is 5.91 Å². The number of hydrogen-bond donors (Lipinski definition) is 2. The smallest absolute Gasteiger partial charge is 0.406 e. The molecule has 2 rings (SSSR count). The van der Waals surface area contributed by atoms with Crippen LogP contribution in [-0.2, 0) is 9.53 Å². The molecule has 1 aliphatic carbocycles. The third kappa shape index (κ3) is 5.31. The Morgan fingerprint density at radius 3 is 2.58 bits per heavy atom. The van der Waals surface area contributed by atoms with Crippen LogP contribution < -0.4 is 10.1 Å². The Kier molecular flexibility index (Phi) is 5.82. The van der Waals surface area contributed by atoms with E-state index in [4.69, 9.17) is 4.74 Å². The summed E-state index contributed by atoms with van der Waals surface area (Å²) < 4.78 is 60.0. The largest absolute Gasteiger partial charge is 0.573 e. The molecule has 5 nitrogen and oxygen atoms in total. The monoisotopic (exact) mass is 379 g/mol. The Hall–Kier alpha value is -1.87. The minimum absolute atomic E-state index is 0.0237. The molecule has 2 N–H and O–H groups in total. The predicted molar refractivity (Wildman–Crippen MR) is 84.2 cm³/mol. The van der Waals surface area contributed by atoms with Gasteiger partial charge in [0.05, 0.1) is 19.1 Å². The Morgan fingerprint density at radius 1 is 1.38 bits per heavy atom. The van der Waals surface area contributed by atoms with E-state index in [9.17, 15) is 27.5 Å². The van der Waals surface area contributed by atoms with Gasteiger partial charge in [0, 0.05) is 7.11 Å². The highest BCUT2D eigenvalue weighted by atomic mass is 19.4. The van der Waals surface area contributed by atoms with Gasteiger partial charge in [-0.2, -0.15) is 0 Å². The lowest BCUT2D eigenvalue weighted by molar-refractivity contribution is -0.274. The maximum absolute atomic E-state index is 14.1. The average molecular weight is 379 g/mol. The van der Waals surface area contributed by atoms with Crippen LogP contribution in [0.4, 0.5) is 17.6 Å². The SMILES string of the molecule is COC[C@H](NC(=O)C[C@@](C)(O)C1(F)CC1)c1cccc(OC(F)(F)F)c1. The lowest BCUT2D eigenvalue weighted by Crippen LogP contribution is -2.44.